The van der Waals surface area contributed by atoms with Crippen molar-refractivity contribution in [2.24, 2.45) is 0 Å². The van der Waals surface area contributed by atoms with Crippen LogP contribution < -0.4 is 5.32 Å². The van der Waals surface area contributed by atoms with Crippen LogP contribution in [0.15, 0.2) is 53.4 Å². The average Bonchev–Trinajstić information content (AvgIpc) is 3.51. The SMILES string of the molecule is Cc1ccc(S(=O)(=O)N2CC(O)C[C@H]2C(=O)OCC(=O)NCC2(c3ccccc3)CC2)cc1C. The van der Waals surface area contributed by atoms with E-state index in [9.17, 15) is 23.1 Å². The van der Waals surface area contributed by atoms with E-state index in [0.717, 1.165) is 28.3 Å². The van der Waals surface area contributed by atoms with Crippen molar-refractivity contribution >= 4 is 21.9 Å². The van der Waals surface area contributed by atoms with Gasteiger partial charge in [0.1, 0.15) is 6.04 Å². The second-order valence-electron chi connectivity index (χ2n) is 9.26. The summed E-state index contributed by atoms with van der Waals surface area (Å²) in [5.74, 6) is -1.29. The van der Waals surface area contributed by atoms with Gasteiger partial charge in [-0.05, 0) is 55.5 Å². The Hall–Kier alpha value is -2.75. The molecule has 0 radical (unpaired) electrons. The van der Waals surface area contributed by atoms with E-state index in [2.05, 4.69) is 5.32 Å². The van der Waals surface area contributed by atoms with Gasteiger partial charge in [-0.25, -0.2) is 8.42 Å². The zero-order valence-corrected chi connectivity index (χ0v) is 20.2. The Balaban J connectivity index is 1.36. The molecule has 2 aromatic rings. The maximum Gasteiger partial charge on any atom is 0.325 e. The third-order valence-electron chi connectivity index (χ3n) is 6.80. The van der Waals surface area contributed by atoms with Crippen LogP contribution in [0.4, 0.5) is 0 Å². The van der Waals surface area contributed by atoms with Crippen molar-refractivity contribution in [3.8, 4) is 0 Å². The molecular formula is C25H30N2O6S. The fourth-order valence-corrected chi connectivity index (χ4v) is 6.05. The molecular weight excluding hydrogens is 456 g/mol. The fraction of sp³-hybridized carbons (Fsp3) is 0.440. The highest BCUT2D eigenvalue weighted by Crippen LogP contribution is 2.47. The second kappa shape index (κ2) is 9.48. The summed E-state index contributed by atoms with van der Waals surface area (Å²) in [6.07, 6.45) is 0.875. The predicted octanol–water partition coefficient (Wildman–Crippen LogP) is 1.82. The van der Waals surface area contributed by atoms with E-state index in [1.54, 1.807) is 19.1 Å². The predicted molar refractivity (Wildman–Crippen MR) is 126 cm³/mol. The van der Waals surface area contributed by atoms with Crippen LogP contribution in [0.5, 0.6) is 0 Å². The molecule has 1 aliphatic heterocycles. The number of benzene rings is 2. The van der Waals surface area contributed by atoms with E-state index in [-0.39, 0.29) is 23.3 Å². The lowest BCUT2D eigenvalue weighted by Crippen LogP contribution is -2.43. The summed E-state index contributed by atoms with van der Waals surface area (Å²) < 4.78 is 32.5. The number of hydrogen-bond acceptors (Lipinski definition) is 6. The molecule has 182 valence electrons. The largest absolute Gasteiger partial charge is 0.454 e. The Kier molecular flexibility index (Phi) is 6.80. The molecule has 4 rings (SSSR count). The van der Waals surface area contributed by atoms with Gasteiger partial charge in [0.2, 0.25) is 10.0 Å². The molecule has 0 spiro atoms. The smallest absolute Gasteiger partial charge is 0.325 e. The van der Waals surface area contributed by atoms with Gasteiger partial charge in [0.25, 0.3) is 5.91 Å². The van der Waals surface area contributed by atoms with Crippen LogP contribution in [0.1, 0.15) is 36.0 Å². The van der Waals surface area contributed by atoms with Gasteiger partial charge in [-0.3, -0.25) is 9.59 Å². The quantitative estimate of drug-likeness (QED) is 0.551. The van der Waals surface area contributed by atoms with Crippen LogP contribution in [0.3, 0.4) is 0 Å². The lowest BCUT2D eigenvalue weighted by molar-refractivity contribution is -0.151. The summed E-state index contributed by atoms with van der Waals surface area (Å²) in [6.45, 7) is 3.42. The summed E-state index contributed by atoms with van der Waals surface area (Å²) in [6, 6.07) is 13.5. The maximum absolute atomic E-state index is 13.2. The average molecular weight is 487 g/mol. The van der Waals surface area contributed by atoms with E-state index in [1.807, 2.05) is 37.3 Å². The molecule has 2 aromatic carbocycles. The van der Waals surface area contributed by atoms with E-state index in [4.69, 9.17) is 4.74 Å². The van der Waals surface area contributed by atoms with Crippen LogP contribution in [0.2, 0.25) is 0 Å². The number of nitrogens with zero attached hydrogens (tertiary/aromatic N) is 1. The minimum Gasteiger partial charge on any atom is -0.454 e. The molecule has 1 amide bonds. The van der Waals surface area contributed by atoms with Crippen molar-refractivity contribution in [2.45, 2.75) is 55.6 Å². The molecule has 0 bridgehead atoms. The first-order valence-corrected chi connectivity index (χ1v) is 12.8. The van der Waals surface area contributed by atoms with Crippen molar-refractivity contribution < 1.29 is 27.9 Å². The Bertz CT molecular complexity index is 1180. The molecule has 8 nitrogen and oxygen atoms in total. The van der Waals surface area contributed by atoms with Crippen LogP contribution in [0, 0.1) is 13.8 Å². The number of aliphatic hydroxyl groups is 1. The molecule has 2 N–H and O–H groups in total. The molecule has 1 saturated carbocycles. The summed E-state index contributed by atoms with van der Waals surface area (Å²) in [5.41, 5.74) is 2.84. The normalized spacial score (nSPS) is 21.7. The molecule has 34 heavy (non-hydrogen) atoms. The van der Waals surface area contributed by atoms with Gasteiger partial charge in [-0.15, -0.1) is 0 Å². The Morgan fingerprint density at radius 2 is 1.82 bits per heavy atom. The van der Waals surface area contributed by atoms with Crippen molar-refractivity contribution in [1.29, 1.82) is 0 Å². The first-order chi connectivity index (χ1) is 16.1. The highest BCUT2D eigenvalue weighted by atomic mass is 32.2. The van der Waals surface area contributed by atoms with Crippen molar-refractivity contribution in [1.82, 2.24) is 9.62 Å². The molecule has 1 unspecified atom stereocenters. The Morgan fingerprint density at radius 3 is 2.47 bits per heavy atom. The Labute approximate surface area is 200 Å². The zero-order chi connectivity index (χ0) is 24.5. The van der Waals surface area contributed by atoms with E-state index >= 15 is 0 Å². The van der Waals surface area contributed by atoms with Gasteiger partial charge in [-0.1, -0.05) is 36.4 Å². The maximum atomic E-state index is 13.2. The fourth-order valence-electron chi connectivity index (χ4n) is 4.34. The van der Waals surface area contributed by atoms with E-state index < -0.39 is 40.7 Å². The third-order valence-corrected chi connectivity index (χ3v) is 8.67. The number of hydrogen-bond donors (Lipinski definition) is 2. The van der Waals surface area contributed by atoms with Crippen LogP contribution in [-0.4, -0.2) is 61.5 Å². The number of esters is 1. The van der Waals surface area contributed by atoms with Gasteiger partial charge in [0, 0.05) is 24.9 Å². The van der Waals surface area contributed by atoms with Crippen LogP contribution in [0.25, 0.3) is 0 Å². The number of ether oxygens (including phenoxy) is 1. The lowest BCUT2D eigenvalue weighted by Gasteiger charge is -2.23. The van der Waals surface area contributed by atoms with Gasteiger partial charge in [-0.2, -0.15) is 4.31 Å². The second-order valence-corrected chi connectivity index (χ2v) is 11.1. The molecule has 2 aliphatic rings. The highest BCUT2D eigenvalue weighted by molar-refractivity contribution is 7.89. The zero-order valence-electron chi connectivity index (χ0n) is 19.4. The van der Waals surface area contributed by atoms with E-state index in [0.29, 0.717) is 6.54 Å². The first-order valence-electron chi connectivity index (χ1n) is 11.4. The number of β-amino-alcohol motifs (C(OH)–C–C–N with tert-alkyl or cyclic N) is 1. The van der Waals surface area contributed by atoms with Gasteiger partial charge in [0.05, 0.1) is 11.0 Å². The molecule has 2 atom stereocenters. The van der Waals surface area contributed by atoms with E-state index in [1.165, 1.54) is 11.6 Å². The minimum atomic E-state index is -4.02. The molecule has 1 heterocycles. The van der Waals surface area contributed by atoms with Gasteiger partial charge in [0.15, 0.2) is 6.61 Å². The molecule has 0 aromatic heterocycles. The van der Waals surface area contributed by atoms with Crippen molar-refractivity contribution in [3.05, 3.63) is 65.2 Å². The van der Waals surface area contributed by atoms with Gasteiger partial charge < -0.3 is 15.2 Å². The number of rotatable bonds is 8. The molecule has 1 saturated heterocycles. The molecule has 9 heteroatoms. The number of sulfonamides is 1. The van der Waals surface area contributed by atoms with Gasteiger partial charge >= 0.3 is 5.97 Å². The lowest BCUT2D eigenvalue weighted by atomic mass is 9.96. The van der Waals surface area contributed by atoms with Crippen molar-refractivity contribution in [2.75, 3.05) is 19.7 Å². The Morgan fingerprint density at radius 1 is 1.12 bits per heavy atom. The number of carbonyl (C=O) groups excluding carboxylic acids is 2. The molecule has 1 aliphatic carbocycles. The first kappa shape index (κ1) is 24.4. The standard InChI is InChI=1S/C25H30N2O6S/c1-17-8-9-21(12-18(17)2)34(31,32)27-14-20(28)13-22(27)24(30)33-15-23(29)26-16-25(10-11-25)19-6-4-3-5-7-19/h3-9,12,20,22,28H,10-11,13-16H2,1-2H3,(H,26,29)/t20?,22-/m0/s1. The topological polar surface area (TPSA) is 113 Å². The summed E-state index contributed by atoms with van der Waals surface area (Å²) in [4.78, 5) is 25.1. The number of amides is 1. The number of aryl methyl sites for hydroxylation is 2. The summed E-state index contributed by atoms with van der Waals surface area (Å²) in [5, 5.41) is 12.9. The number of aliphatic hydroxyl groups excluding tert-OH is 1. The van der Waals surface area contributed by atoms with Crippen LogP contribution in [-0.2, 0) is 29.8 Å². The molecule has 2 fully saturated rings. The minimum absolute atomic E-state index is 0.0517. The number of carbonyl (C=O) groups is 2. The summed E-state index contributed by atoms with van der Waals surface area (Å²) >= 11 is 0. The van der Waals surface area contributed by atoms with Crippen LogP contribution >= 0.6 is 0 Å². The third kappa shape index (κ3) is 5.01. The summed E-state index contributed by atoms with van der Waals surface area (Å²) in [7, 11) is -4.02. The highest BCUT2D eigenvalue weighted by Gasteiger charge is 2.45. The monoisotopic (exact) mass is 486 g/mol. The number of nitrogens with one attached hydrogen (secondary N) is 1. The van der Waals surface area contributed by atoms with Crippen molar-refractivity contribution in [3.63, 3.8) is 0 Å².